The molecule has 1 heterocycles. The van der Waals surface area contributed by atoms with E-state index in [2.05, 4.69) is 15.3 Å². The van der Waals surface area contributed by atoms with Crippen molar-refractivity contribution in [3.8, 4) is 0 Å². The Balaban J connectivity index is 2.00. The summed E-state index contributed by atoms with van der Waals surface area (Å²) in [6.45, 7) is 0.181. The molecule has 1 aromatic heterocycles. The monoisotopic (exact) mass is 265 g/mol. The molecule has 19 heavy (non-hydrogen) atoms. The molecular weight excluding hydrogens is 246 g/mol. The summed E-state index contributed by atoms with van der Waals surface area (Å²) >= 11 is 0. The zero-order valence-electron chi connectivity index (χ0n) is 10.8. The maximum atomic E-state index is 11.8. The van der Waals surface area contributed by atoms with Crippen LogP contribution in [0.3, 0.4) is 0 Å². The molecule has 0 atom stereocenters. The van der Waals surface area contributed by atoms with E-state index in [1.165, 1.54) is 12.5 Å². The standard InChI is InChI=1S/C13H19N3O3/c17-11(10-7-14-9-16-10)15-8-13(12(18)19)5-3-1-2-4-6-13/h7,9H,1-6,8H2,(H,14,16)(H,15,17)(H,18,19). The highest BCUT2D eigenvalue weighted by atomic mass is 16.4. The summed E-state index contributed by atoms with van der Waals surface area (Å²) < 4.78 is 0. The number of rotatable bonds is 4. The van der Waals surface area contributed by atoms with Crippen LogP contribution in [0, 0.1) is 5.41 Å². The van der Waals surface area contributed by atoms with Crippen molar-refractivity contribution in [2.24, 2.45) is 5.41 Å². The van der Waals surface area contributed by atoms with Crippen LogP contribution < -0.4 is 5.32 Å². The largest absolute Gasteiger partial charge is 0.481 e. The highest BCUT2D eigenvalue weighted by Crippen LogP contribution is 2.34. The van der Waals surface area contributed by atoms with Crippen LogP contribution in [0.2, 0.25) is 0 Å². The van der Waals surface area contributed by atoms with Crippen LogP contribution in [0.1, 0.15) is 49.0 Å². The molecule has 3 N–H and O–H groups in total. The van der Waals surface area contributed by atoms with Gasteiger partial charge in [0.1, 0.15) is 5.69 Å². The van der Waals surface area contributed by atoms with Gasteiger partial charge in [-0.25, -0.2) is 4.98 Å². The number of amides is 1. The lowest BCUT2D eigenvalue weighted by Gasteiger charge is -2.28. The second-order valence-corrected chi connectivity index (χ2v) is 5.15. The van der Waals surface area contributed by atoms with Gasteiger partial charge >= 0.3 is 5.97 Å². The molecule has 6 heteroatoms. The molecule has 1 saturated carbocycles. The minimum Gasteiger partial charge on any atom is -0.481 e. The van der Waals surface area contributed by atoms with Gasteiger partial charge < -0.3 is 15.4 Å². The molecule has 104 valence electrons. The molecule has 0 aromatic carbocycles. The van der Waals surface area contributed by atoms with E-state index < -0.39 is 11.4 Å². The van der Waals surface area contributed by atoms with Gasteiger partial charge in [-0.05, 0) is 12.8 Å². The predicted octanol–water partition coefficient (Wildman–Crippen LogP) is 1.56. The number of imidazole rings is 1. The molecule has 1 fully saturated rings. The number of hydrogen-bond donors (Lipinski definition) is 3. The molecule has 1 aromatic rings. The van der Waals surface area contributed by atoms with Gasteiger partial charge in [-0.2, -0.15) is 0 Å². The number of nitrogens with one attached hydrogen (secondary N) is 2. The Morgan fingerprint density at radius 3 is 2.53 bits per heavy atom. The third-order valence-corrected chi connectivity index (χ3v) is 3.84. The fraction of sp³-hybridized carbons (Fsp3) is 0.615. The molecule has 2 rings (SSSR count). The van der Waals surface area contributed by atoms with Crippen molar-refractivity contribution in [3.05, 3.63) is 18.2 Å². The van der Waals surface area contributed by atoms with E-state index in [-0.39, 0.29) is 12.5 Å². The summed E-state index contributed by atoms with van der Waals surface area (Å²) in [6.07, 6.45) is 8.08. The van der Waals surface area contributed by atoms with E-state index in [9.17, 15) is 14.7 Å². The van der Waals surface area contributed by atoms with Gasteiger partial charge in [0, 0.05) is 6.54 Å². The maximum Gasteiger partial charge on any atom is 0.311 e. The van der Waals surface area contributed by atoms with Gasteiger partial charge in [-0.15, -0.1) is 0 Å². The number of aromatic amines is 1. The average molecular weight is 265 g/mol. The summed E-state index contributed by atoms with van der Waals surface area (Å²) in [5.41, 5.74) is -0.458. The Morgan fingerprint density at radius 2 is 2.00 bits per heavy atom. The lowest BCUT2D eigenvalue weighted by atomic mass is 9.80. The van der Waals surface area contributed by atoms with Crippen molar-refractivity contribution in [1.29, 1.82) is 0 Å². The minimum absolute atomic E-state index is 0.181. The molecule has 0 radical (unpaired) electrons. The highest BCUT2D eigenvalue weighted by molar-refractivity contribution is 5.92. The highest BCUT2D eigenvalue weighted by Gasteiger charge is 2.38. The Bertz CT molecular complexity index is 434. The number of nitrogens with zero attached hydrogens (tertiary/aromatic N) is 1. The zero-order valence-corrected chi connectivity index (χ0v) is 10.8. The van der Waals surface area contributed by atoms with Gasteiger partial charge in [-0.1, -0.05) is 25.7 Å². The van der Waals surface area contributed by atoms with Crippen molar-refractivity contribution >= 4 is 11.9 Å². The Kier molecular flexibility index (Phi) is 4.19. The summed E-state index contributed by atoms with van der Waals surface area (Å²) in [7, 11) is 0. The van der Waals surface area contributed by atoms with Crippen LogP contribution >= 0.6 is 0 Å². The first-order valence-electron chi connectivity index (χ1n) is 6.64. The van der Waals surface area contributed by atoms with Gasteiger partial charge in [-0.3, -0.25) is 9.59 Å². The Morgan fingerprint density at radius 1 is 1.32 bits per heavy atom. The van der Waals surface area contributed by atoms with E-state index in [1.807, 2.05) is 0 Å². The van der Waals surface area contributed by atoms with Gasteiger partial charge in [0.05, 0.1) is 17.9 Å². The van der Waals surface area contributed by atoms with Crippen LogP contribution in [0.5, 0.6) is 0 Å². The third kappa shape index (κ3) is 3.13. The minimum atomic E-state index is -0.813. The van der Waals surface area contributed by atoms with Crippen molar-refractivity contribution in [1.82, 2.24) is 15.3 Å². The fourth-order valence-electron chi connectivity index (χ4n) is 2.60. The summed E-state index contributed by atoms with van der Waals surface area (Å²) in [5, 5.41) is 12.2. The van der Waals surface area contributed by atoms with Crippen LogP contribution in [0.25, 0.3) is 0 Å². The van der Waals surface area contributed by atoms with Crippen LogP contribution in [0.15, 0.2) is 12.5 Å². The predicted molar refractivity (Wildman–Crippen MR) is 68.7 cm³/mol. The van der Waals surface area contributed by atoms with E-state index in [4.69, 9.17) is 0 Å². The first kappa shape index (κ1) is 13.6. The van der Waals surface area contributed by atoms with Gasteiger partial charge in [0.2, 0.25) is 0 Å². The molecule has 1 aliphatic carbocycles. The number of carbonyl (C=O) groups is 2. The van der Waals surface area contributed by atoms with Crippen molar-refractivity contribution in [2.45, 2.75) is 38.5 Å². The molecule has 6 nitrogen and oxygen atoms in total. The number of carboxylic acids is 1. The van der Waals surface area contributed by atoms with E-state index >= 15 is 0 Å². The summed E-state index contributed by atoms with van der Waals surface area (Å²) in [6, 6.07) is 0. The molecule has 1 amide bonds. The lowest BCUT2D eigenvalue weighted by molar-refractivity contribution is -0.149. The van der Waals surface area contributed by atoms with Crippen molar-refractivity contribution < 1.29 is 14.7 Å². The molecule has 0 bridgehead atoms. The second-order valence-electron chi connectivity index (χ2n) is 5.15. The molecule has 0 spiro atoms. The quantitative estimate of drug-likeness (QED) is 0.720. The van der Waals surface area contributed by atoms with E-state index in [1.54, 1.807) is 0 Å². The fourth-order valence-corrected chi connectivity index (χ4v) is 2.60. The molecule has 0 unspecified atom stereocenters. The van der Waals surface area contributed by atoms with E-state index in [0.29, 0.717) is 18.5 Å². The topological polar surface area (TPSA) is 95.1 Å². The Labute approximate surface area is 111 Å². The second kappa shape index (κ2) is 5.86. The van der Waals surface area contributed by atoms with Crippen LogP contribution in [-0.2, 0) is 4.79 Å². The third-order valence-electron chi connectivity index (χ3n) is 3.84. The Hall–Kier alpha value is -1.85. The summed E-state index contributed by atoms with van der Waals surface area (Å²) in [4.78, 5) is 29.9. The van der Waals surface area contributed by atoms with Crippen molar-refractivity contribution in [2.75, 3.05) is 6.54 Å². The average Bonchev–Trinajstić information content (AvgIpc) is 2.82. The first-order chi connectivity index (χ1) is 9.14. The number of H-pyrrole nitrogens is 1. The van der Waals surface area contributed by atoms with Gasteiger partial charge in [0.25, 0.3) is 5.91 Å². The lowest BCUT2D eigenvalue weighted by Crippen LogP contribution is -2.43. The van der Waals surface area contributed by atoms with Gasteiger partial charge in [0.15, 0.2) is 0 Å². The summed E-state index contributed by atoms with van der Waals surface area (Å²) in [5.74, 6) is -1.11. The number of hydrogen-bond acceptors (Lipinski definition) is 3. The van der Waals surface area contributed by atoms with E-state index in [0.717, 1.165) is 25.7 Å². The first-order valence-corrected chi connectivity index (χ1v) is 6.64. The number of aromatic nitrogens is 2. The maximum absolute atomic E-state index is 11.8. The zero-order chi connectivity index (χ0) is 13.7. The van der Waals surface area contributed by atoms with Crippen molar-refractivity contribution in [3.63, 3.8) is 0 Å². The number of carboxylic acid groups (broad SMARTS) is 1. The normalized spacial score (nSPS) is 18.5. The molecule has 0 saturated heterocycles. The number of carbonyl (C=O) groups excluding carboxylic acids is 1. The van der Waals surface area contributed by atoms with Crippen LogP contribution in [-0.4, -0.2) is 33.5 Å². The van der Waals surface area contributed by atoms with Crippen LogP contribution in [0.4, 0.5) is 0 Å². The smallest absolute Gasteiger partial charge is 0.311 e. The molecule has 1 aliphatic rings. The number of aliphatic carboxylic acids is 1. The molecular formula is C13H19N3O3. The molecule has 0 aliphatic heterocycles. The SMILES string of the molecule is O=C(NCC1(C(=O)O)CCCCCC1)c1cnc[nH]1.